The SMILES string of the molecule is CC(C)(C)[SiH2]OC(C)(C)c1ccc2[nH]c(-c3n[nH]c4cc(C(=O)O)sc34)cc2c1. The molecule has 0 atom stereocenters. The minimum Gasteiger partial charge on any atom is -0.477 e. The molecule has 29 heavy (non-hydrogen) atoms. The van der Waals surface area contributed by atoms with Crippen molar-refractivity contribution in [2.45, 2.75) is 45.3 Å². The van der Waals surface area contributed by atoms with E-state index < -0.39 is 15.7 Å². The fourth-order valence-electron chi connectivity index (χ4n) is 3.22. The third kappa shape index (κ3) is 3.87. The zero-order valence-electron chi connectivity index (χ0n) is 17.2. The molecule has 3 aromatic heterocycles. The van der Waals surface area contributed by atoms with Gasteiger partial charge in [-0.25, -0.2) is 4.79 Å². The highest BCUT2D eigenvalue weighted by Crippen LogP contribution is 2.36. The zero-order chi connectivity index (χ0) is 21.0. The number of hydrogen-bond donors (Lipinski definition) is 3. The maximum Gasteiger partial charge on any atom is 0.345 e. The molecule has 0 radical (unpaired) electrons. The van der Waals surface area contributed by atoms with E-state index in [0.717, 1.165) is 38.1 Å². The number of thiophene rings is 1. The van der Waals surface area contributed by atoms with Crippen molar-refractivity contribution in [1.29, 1.82) is 0 Å². The summed E-state index contributed by atoms with van der Waals surface area (Å²) in [5.74, 6) is -0.923. The Morgan fingerprint density at radius 3 is 2.59 bits per heavy atom. The topological polar surface area (TPSA) is 91.0 Å². The van der Waals surface area contributed by atoms with Crippen molar-refractivity contribution in [3.63, 3.8) is 0 Å². The highest BCUT2D eigenvalue weighted by atomic mass is 32.1. The highest BCUT2D eigenvalue weighted by molar-refractivity contribution is 7.21. The third-order valence-corrected chi connectivity index (χ3v) is 7.75. The number of rotatable bonds is 5. The standard InChI is InChI=1S/C21H25N3O3SSi/c1-20(2,3)29-27-21(4,5)12-6-7-13-11(8-12)9-14(22-13)17-18-15(23-24-17)10-16(28-18)19(25)26/h6-10,22H,29H2,1-5H3,(H,23,24)(H,25,26). The monoisotopic (exact) mass is 427 g/mol. The van der Waals surface area contributed by atoms with Crippen LogP contribution in [-0.4, -0.2) is 36.0 Å². The first-order chi connectivity index (χ1) is 13.5. The molecule has 0 amide bonds. The summed E-state index contributed by atoms with van der Waals surface area (Å²) in [6.07, 6.45) is 0. The van der Waals surface area contributed by atoms with Crippen LogP contribution in [0.15, 0.2) is 30.3 Å². The van der Waals surface area contributed by atoms with Gasteiger partial charge in [-0.15, -0.1) is 11.3 Å². The van der Waals surface area contributed by atoms with Crippen molar-refractivity contribution in [2.75, 3.05) is 0 Å². The molecule has 3 N–H and O–H groups in total. The van der Waals surface area contributed by atoms with Gasteiger partial charge < -0.3 is 14.5 Å². The molecule has 4 aromatic rings. The van der Waals surface area contributed by atoms with Gasteiger partial charge in [0.15, 0.2) is 9.76 Å². The van der Waals surface area contributed by atoms with Gasteiger partial charge in [0, 0.05) is 10.9 Å². The van der Waals surface area contributed by atoms with Crippen LogP contribution in [0.5, 0.6) is 0 Å². The van der Waals surface area contributed by atoms with Crippen molar-refractivity contribution >= 4 is 48.2 Å². The maximum atomic E-state index is 11.3. The van der Waals surface area contributed by atoms with E-state index >= 15 is 0 Å². The lowest BCUT2D eigenvalue weighted by Crippen LogP contribution is -2.27. The van der Waals surface area contributed by atoms with Crippen LogP contribution >= 0.6 is 11.3 Å². The van der Waals surface area contributed by atoms with Crippen LogP contribution in [0.2, 0.25) is 5.04 Å². The summed E-state index contributed by atoms with van der Waals surface area (Å²) in [7, 11) is -0.676. The summed E-state index contributed by atoms with van der Waals surface area (Å²) in [6.45, 7) is 10.9. The largest absolute Gasteiger partial charge is 0.477 e. The number of aromatic carboxylic acids is 1. The van der Waals surface area contributed by atoms with Crippen LogP contribution in [0.1, 0.15) is 49.9 Å². The molecule has 4 rings (SSSR count). The summed E-state index contributed by atoms with van der Waals surface area (Å²) >= 11 is 1.23. The summed E-state index contributed by atoms with van der Waals surface area (Å²) in [4.78, 5) is 15.0. The fraction of sp³-hybridized carbons (Fsp3) is 0.333. The summed E-state index contributed by atoms with van der Waals surface area (Å²) in [5, 5.41) is 17.9. The smallest absolute Gasteiger partial charge is 0.345 e. The Labute approximate surface area is 175 Å². The highest BCUT2D eigenvalue weighted by Gasteiger charge is 2.25. The molecule has 0 aliphatic heterocycles. The van der Waals surface area contributed by atoms with Gasteiger partial charge in [0.25, 0.3) is 0 Å². The van der Waals surface area contributed by atoms with E-state index in [1.165, 1.54) is 11.3 Å². The Kier molecular flexibility index (Phi) is 4.68. The van der Waals surface area contributed by atoms with Gasteiger partial charge in [0.05, 0.1) is 21.5 Å². The number of aromatic amines is 2. The molecule has 0 aliphatic carbocycles. The van der Waals surface area contributed by atoms with Crippen molar-refractivity contribution in [3.05, 3.63) is 40.8 Å². The zero-order valence-corrected chi connectivity index (χ0v) is 19.4. The molecular weight excluding hydrogens is 402 g/mol. The molecule has 8 heteroatoms. The second-order valence-corrected chi connectivity index (χ2v) is 12.8. The number of nitrogens with zero attached hydrogens (tertiary/aromatic N) is 1. The number of aromatic nitrogens is 3. The Bertz CT molecular complexity index is 1210. The molecule has 3 heterocycles. The predicted octanol–water partition coefficient (Wildman–Crippen LogP) is 5.02. The van der Waals surface area contributed by atoms with Crippen LogP contribution in [0.4, 0.5) is 0 Å². The van der Waals surface area contributed by atoms with Crippen LogP contribution in [0, 0.1) is 0 Å². The number of carboxylic acid groups (broad SMARTS) is 1. The van der Waals surface area contributed by atoms with Gasteiger partial charge in [-0.2, -0.15) is 5.10 Å². The Hall–Kier alpha value is -2.42. The molecule has 1 aromatic carbocycles. The summed E-state index contributed by atoms with van der Waals surface area (Å²) < 4.78 is 7.19. The van der Waals surface area contributed by atoms with Gasteiger partial charge in [0.1, 0.15) is 10.6 Å². The van der Waals surface area contributed by atoms with Gasteiger partial charge in [-0.3, -0.25) is 5.10 Å². The van der Waals surface area contributed by atoms with Crippen molar-refractivity contribution in [3.8, 4) is 11.4 Å². The molecule has 0 saturated carbocycles. The summed E-state index contributed by atoms with van der Waals surface area (Å²) in [5.41, 5.74) is 4.16. The van der Waals surface area contributed by atoms with E-state index in [9.17, 15) is 9.90 Å². The minimum absolute atomic E-state index is 0.240. The Morgan fingerprint density at radius 2 is 1.90 bits per heavy atom. The molecular formula is C21H25N3O3SSi. The second kappa shape index (κ2) is 6.83. The van der Waals surface area contributed by atoms with E-state index in [1.54, 1.807) is 6.07 Å². The van der Waals surface area contributed by atoms with E-state index in [2.05, 4.69) is 74.1 Å². The van der Waals surface area contributed by atoms with Gasteiger partial charge >= 0.3 is 5.97 Å². The Balaban J connectivity index is 1.70. The first-order valence-corrected chi connectivity index (χ1v) is 11.6. The van der Waals surface area contributed by atoms with Crippen LogP contribution in [-0.2, 0) is 10.0 Å². The van der Waals surface area contributed by atoms with Gasteiger partial charge in [-0.1, -0.05) is 26.8 Å². The number of benzene rings is 1. The van der Waals surface area contributed by atoms with Gasteiger partial charge in [0.2, 0.25) is 0 Å². The minimum atomic E-state index is -0.923. The molecule has 6 nitrogen and oxygen atoms in total. The van der Waals surface area contributed by atoms with Crippen LogP contribution < -0.4 is 0 Å². The fourth-order valence-corrected chi connectivity index (χ4v) is 5.13. The van der Waals surface area contributed by atoms with Crippen LogP contribution in [0.25, 0.3) is 32.5 Å². The molecule has 0 saturated heterocycles. The molecule has 152 valence electrons. The molecule has 0 aliphatic rings. The number of carbonyl (C=O) groups is 1. The van der Waals surface area contributed by atoms with E-state index in [0.29, 0.717) is 4.88 Å². The molecule has 0 unspecified atom stereocenters. The van der Waals surface area contributed by atoms with E-state index in [-0.39, 0.29) is 10.6 Å². The number of hydrogen-bond acceptors (Lipinski definition) is 4. The third-order valence-electron chi connectivity index (χ3n) is 4.88. The molecule has 0 bridgehead atoms. The maximum absolute atomic E-state index is 11.3. The lowest BCUT2D eigenvalue weighted by atomic mass is 9.97. The number of carboxylic acids is 1. The normalized spacial score (nSPS) is 13.3. The quantitative estimate of drug-likeness (QED) is 0.390. The first kappa shape index (κ1) is 19.9. The van der Waals surface area contributed by atoms with Crippen molar-refractivity contribution < 1.29 is 14.3 Å². The van der Waals surface area contributed by atoms with E-state index in [4.69, 9.17) is 4.43 Å². The van der Waals surface area contributed by atoms with Crippen LogP contribution in [0.3, 0.4) is 0 Å². The summed E-state index contributed by atoms with van der Waals surface area (Å²) in [6, 6.07) is 10.0. The van der Waals surface area contributed by atoms with Crippen molar-refractivity contribution in [1.82, 2.24) is 15.2 Å². The predicted molar refractivity (Wildman–Crippen MR) is 121 cm³/mol. The average Bonchev–Trinajstić information content (AvgIpc) is 3.31. The lowest BCUT2D eigenvalue weighted by Gasteiger charge is -2.30. The Morgan fingerprint density at radius 1 is 1.14 bits per heavy atom. The average molecular weight is 428 g/mol. The van der Waals surface area contributed by atoms with E-state index in [1.807, 2.05) is 0 Å². The lowest BCUT2D eigenvalue weighted by molar-refractivity contribution is 0.0702. The van der Waals surface area contributed by atoms with Gasteiger partial charge in [-0.05, 0) is 48.7 Å². The number of H-pyrrole nitrogens is 2. The second-order valence-electron chi connectivity index (χ2n) is 9.08. The number of nitrogens with one attached hydrogen (secondary N) is 2. The first-order valence-electron chi connectivity index (χ1n) is 9.52. The molecule has 0 spiro atoms. The molecule has 0 fully saturated rings. The number of fused-ring (bicyclic) bond motifs is 2. The van der Waals surface area contributed by atoms with Crippen molar-refractivity contribution in [2.24, 2.45) is 0 Å².